The first kappa shape index (κ1) is 20.0. The Kier molecular flexibility index (Phi) is 5.21. The van der Waals surface area contributed by atoms with Crippen LogP contribution in [0.3, 0.4) is 0 Å². The van der Waals surface area contributed by atoms with Crippen LogP contribution in [0.25, 0.3) is 33.4 Å². The predicted octanol–water partition coefficient (Wildman–Crippen LogP) is 7.66. The number of rotatable bonds is 3. The molecule has 0 atom stereocenters. The predicted molar refractivity (Wildman–Crippen MR) is 119 cm³/mol. The molecule has 0 saturated heterocycles. The molecule has 1 aromatic heterocycles. The molecule has 0 N–H and O–H groups in total. The van der Waals surface area contributed by atoms with Crippen molar-refractivity contribution in [3.05, 3.63) is 102 Å². The van der Waals surface area contributed by atoms with Gasteiger partial charge in [-0.3, -0.25) is 4.98 Å². The molecular weight excluding hydrogens is 376 g/mol. The van der Waals surface area contributed by atoms with Crippen molar-refractivity contribution in [2.24, 2.45) is 0 Å². The third-order valence-corrected chi connectivity index (χ3v) is 5.27. The normalized spacial score (nSPS) is 11.5. The second-order valence-electron chi connectivity index (χ2n) is 8.45. The van der Waals surface area contributed by atoms with E-state index >= 15 is 0 Å². The fourth-order valence-electron chi connectivity index (χ4n) is 3.72. The van der Waals surface area contributed by atoms with Crippen molar-refractivity contribution < 1.29 is 8.78 Å². The summed E-state index contributed by atoms with van der Waals surface area (Å²) in [5.41, 5.74) is 6.52. The zero-order chi connectivity index (χ0) is 21.3. The van der Waals surface area contributed by atoms with Gasteiger partial charge in [0.1, 0.15) is 11.6 Å². The van der Waals surface area contributed by atoms with Gasteiger partial charge in [0.25, 0.3) is 0 Å². The molecular formula is C27H23F2N. The maximum absolute atomic E-state index is 14.0. The Morgan fingerprint density at radius 3 is 1.77 bits per heavy atom. The second kappa shape index (κ2) is 7.83. The van der Waals surface area contributed by atoms with Gasteiger partial charge in [0.15, 0.2) is 0 Å². The lowest BCUT2D eigenvalue weighted by atomic mass is 9.84. The van der Waals surface area contributed by atoms with Gasteiger partial charge in [-0.15, -0.1) is 0 Å². The molecule has 0 radical (unpaired) electrons. The van der Waals surface area contributed by atoms with Crippen LogP contribution in [0.4, 0.5) is 8.78 Å². The van der Waals surface area contributed by atoms with Gasteiger partial charge >= 0.3 is 0 Å². The zero-order valence-corrected chi connectivity index (χ0v) is 17.3. The second-order valence-corrected chi connectivity index (χ2v) is 8.45. The largest absolute Gasteiger partial charge is 0.265 e. The first-order valence-corrected chi connectivity index (χ1v) is 9.94. The van der Waals surface area contributed by atoms with Crippen molar-refractivity contribution in [3.8, 4) is 33.4 Å². The fraction of sp³-hybridized carbons (Fsp3) is 0.148. The van der Waals surface area contributed by atoms with E-state index in [9.17, 15) is 8.78 Å². The summed E-state index contributed by atoms with van der Waals surface area (Å²) in [6, 6.07) is 21.8. The summed E-state index contributed by atoms with van der Waals surface area (Å²) in [5.74, 6) is -1.18. The number of halogens is 2. The third-order valence-electron chi connectivity index (χ3n) is 5.27. The Bertz CT molecular complexity index is 1150. The standard InChI is InChI=1S/C27H23F2N/c1-27(2,3)21-9-7-18(8-10-21)24-5-4-6-25(20-15-22(28)17-23(29)16-20)26(24)19-11-13-30-14-12-19/h4-17H,1-3H3. The third kappa shape index (κ3) is 4.02. The van der Waals surface area contributed by atoms with E-state index in [1.165, 1.54) is 17.7 Å². The van der Waals surface area contributed by atoms with Crippen LogP contribution in [0.1, 0.15) is 26.3 Å². The summed E-state index contributed by atoms with van der Waals surface area (Å²) >= 11 is 0. The molecule has 0 saturated carbocycles. The highest BCUT2D eigenvalue weighted by atomic mass is 19.1. The van der Waals surface area contributed by atoms with Gasteiger partial charge in [-0.05, 0) is 68.6 Å². The molecule has 1 nitrogen and oxygen atoms in total. The lowest BCUT2D eigenvalue weighted by molar-refractivity contribution is 0.584. The van der Waals surface area contributed by atoms with Gasteiger partial charge in [-0.2, -0.15) is 0 Å². The van der Waals surface area contributed by atoms with Gasteiger partial charge in [0.05, 0.1) is 0 Å². The molecule has 30 heavy (non-hydrogen) atoms. The molecule has 0 fully saturated rings. The van der Waals surface area contributed by atoms with Crippen LogP contribution in [0.2, 0.25) is 0 Å². The van der Waals surface area contributed by atoms with Gasteiger partial charge in [0.2, 0.25) is 0 Å². The van der Waals surface area contributed by atoms with Crippen molar-refractivity contribution in [2.75, 3.05) is 0 Å². The Labute approximate surface area is 176 Å². The minimum Gasteiger partial charge on any atom is -0.265 e. The molecule has 3 aromatic carbocycles. The van der Waals surface area contributed by atoms with Gasteiger partial charge in [-0.25, -0.2) is 8.78 Å². The van der Waals surface area contributed by atoms with Crippen molar-refractivity contribution in [3.63, 3.8) is 0 Å². The Hall–Kier alpha value is -3.33. The van der Waals surface area contributed by atoms with Crippen LogP contribution in [-0.2, 0) is 5.41 Å². The smallest absolute Gasteiger partial charge is 0.126 e. The highest BCUT2D eigenvalue weighted by Gasteiger charge is 2.17. The van der Waals surface area contributed by atoms with E-state index in [-0.39, 0.29) is 5.41 Å². The molecule has 4 rings (SSSR count). The summed E-state index contributed by atoms with van der Waals surface area (Å²) in [7, 11) is 0. The zero-order valence-electron chi connectivity index (χ0n) is 17.3. The minimum atomic E-state index is -0.592. The van der Waals surface area contributed by atoms with Crippen LogP contribution in [-0.4, -0.2) is 4.98 Å². The minimum absolute atomic E-state index is 0.0629. The summed E-state index contributed by atoms with van der Waals surface area (Å²) in [5, 5.41) is 0. The molecule has 3 heteroatoms. The van der Waals surface area contributed by atoms with E-state index in [4.69, 9.17) is 0 Å². The molecule has 0 aliphatic rings. The van der Waals surface area contributed by atoms with Crippen molar-refractivity contribution in [1.82, 2.24) is 4.98 Å². The average molecular weight is 399 g/mol. The maximum Gasteiger partial charge on any atom is 0.126 e. The fourth-order valence-corrected chi connectivity index (χ4v) is 3.72. The molecule has 0 unspecified atom stereocenters. The van der Waals surface area contributed by atoms with E-state index in [1.54, 1.807) is 12.4 Å². The number of aromatic nitrogens is 1. The van der Waals surface area contributed by atoms with Crippen LogP contribution >= 0.6 is 0 Å². The van der Waals surface area contributed by atoms with Gasteiger partial charge in [-0.1, -0.05) is 63.2 Å². The van der Waals surface area contributed by atoms with E-state index in [1.807, 2.05) is 30.3 Å². The Morgan fingerprint density at radius 2 is 1.20 bits per heavy atom. The number of pyridine rings is 1. The molecule has 0 bridgehead atoms. The molecule has 0 spiro atoms. The molecule has 0 amide bonds. The van der Waals surface area contributed by atoms with E-state index in [2.05, 4.69) is 50.0 Å². The number of nitrogens with zero attached hydrogens (tertiary/aromatic N) is 1. The van der Waals surface area contributed by atoms with Crippen LogP contribution in [0, 0.1) is 11.6 Å². The first-order valence-electron chi connectivity index (χ1n) is 9.94. The van der Waals surface area contributed by atoms with Crippen LogP contribution < -0.4 is 0 Å². The Balaban J connectivity index is 1.96. The first-order chi connectivity index (χ1) is 14.3. The molecule has 0 aliphatic carbocycles. The van der Waals surface area contributed by atoms with Crippen molar-refractivity contribution in [1.29, 1.82) is 0 Å². The molecule has 4 aromatic rings. The molecule has 1 heterocycles. The quantitative estimate of drug-likeness (QED) is 0.345. The number of hydrogen-bond donors (Lipinski definition) is 0. The van der Waals surface area contributed by atoms with Crippen molar-refractivity contribution in [2.45, 2.75) is 26.2 Å². The van der Waals surface area contributed by atoms with Crippen LogP contribution in [0.15, 0.2) is 85.2 Å². The number of benzene rings is 3. The van der Waals surface area contributed by atoms with Gasteiger partial charge in [0, 0.05) is 18.5 Å². The SMILES string of the molecule is CC(C)(C)c1ccc(-c2cccc(-c3cc(F)cc(F)c3)c2-c2ccncc2)cc1. The van der Waals surface area contributed by atoms with Gasteiger partial charge < -0.3 is 0 Å². The Morgan fingerprint density at radius 1 is 0.633 bits per heavy atom. The molecule has 0 aliphatic heterocycles. The maximum atomic E-state index is 14.0. The summed E-state index contributed by atoms with van der Waals surface area (Å²) < 4.78 is 28.0. The van der Waals surface area contributed by atoms with E-state index in [0.717, 1.165) is 33.9 Å². The molecule has 150 valence electrons. The highest BCUT2D eigenvalue weighted by molar-refractivity contribution is 5.94. The van der Waals surface area contributed by atoms with E-state index in [0.29, 0.717) is 5.56 Å². The average Bonchev–Trinajstić information content (AvgIpc) is 2.72. The lowest BCUT2D eigenvalue weighted by Gasteiger charge is -2.20. The summed E-state index contributed by atoms with van der Waals surface area (Å²) in [6.45, 7) is 6.55. The topological polar surface area (TPSA) is 12.9 Å². The summed E-state index contributed by atoms with van der Waals surface area (Å²) in [6.07, 6.45) is 3.45. The number of hydrogen-bond acceptors (Lipinski definition) is 1. The highest BCUT2D eigenvalue weighted by Crippen LogP contribution is 2.40. The van der Waals surface area contributed by atoms with Crippen LogP contribution in [0.5, 0.6) is 0 Å². The lowest BCUT2D eigenvalue weighted by Crippen LogP contribution is -2.10. The summed E-state index contributed by atoms with van der Waals surface area (Å²) in [4.78, 5) is 4.12. The monoisotopic (exact) mass is 399 g/mol. The van der Waals surface area contributed by atoms with Crippen molar-refractivity contribution >= 4 is 0 Å². The van der Waals surface area contributed by atoms with E-state index < -0.39 is 11.6 Å².